The molecule has 2 atom stereocenters. The number of ether oxygens (including phenoxy) is 2. The van der Waals surface area contributed by atoms with Crippen molar-refractivity contribution in [1.29, 1.82) is 0 Å². The molecule has 1 aromatic rings. The number of morpholine rings is 1. The number of aryl methyl sites for hydroxylation is 2. The zero-order chi connectivity index (χ0) is 15.2. The van der Waals surface area contributed by atoms with Gasteiger partial charge in [0.1, 0.15) is 18.5 Å². The van der Waals surface area contributed by atoms with Crippen LogP contribution in [0.1, 0.15) is 24.5 Å². The van der Waals surface area contributed by atoms with Crippen molar-refractivity contribution in [2.75, 3.05) is 32.9 Å². The summed E-state index contributed by atoms with van der Waals surface area (Å²) in [4.78, 5) is 2.31. The van der Waals surface area contributed by atoms with Crippen LogP contribution in [0.2, 0.25) is 0 Å². The fourth-order valence-corrected chi connectivity index (χ4v) is 2.78. The van der Waals surface area contributed by atoms with Crippen molar-refractivity contribution in [1.82, 2.24) is 4.90 Å². The first-order valence-electron chi connectivity index (χ1n) is 7.80. The highest BCUT2D eigenvalue weighted by molar-refractivity contribution is 5.35. The first-order chi connectivity index (χ1) is 10.1. The third-order valence-corrected chi connectivity index (χ3v) is 4.03. The summed E-state index contributed by atoms with van der Waals surface area (Å²) < 4.78 is 11.2. The van der Waals surface area contributed by atoms with E-state index in [1.807, 2.05) is 19.1 Å². The molecule has 4 nitrogen and oxygen atoms in total. The highest BCUT2D eigenvalue weighted by atomic mass is 16.5. The van der Waals surface area contributed by atoms with Gasteiger partial charge in [-0.2, -0.15) is 0 Å². The first kappa shape index (κ1) is 16.3. The zero-order valence-corrected chi connectivity index (χ0v) is 13.3. The highest BCUT2D eigenvalue weighted by Gasteiger charge is 2.23. The van der Waals surface area contributed by atoms with Crippen LogP contribution < -0.4 is 4.74 Å². The van der Waals surface area contributed by atoms with Crippen LogP contribution >= 0.6 is 0 Å². The molecule has 2 unspecified atom stereocenters. The maximum absolute atomic E-state index is 10.2. The molecule has 0 bridgehead atoms. The molecule has 0 saturated carbocycles. The second-order valence-electron chi connectivity index (χ2n) is 5.87. The third kappa shape index (κ3) is 4.70. The number of benzene rings is 1. The fourth-order valence-electron chi connectivity index (χ4n) is 2.78. The SMILES string of the molecule is CCC1COCCN1CC(O)COc1ccc(C)cc1C. The van der Waals surface area contributed by atoms with E-state index in [2.05, 4.69) is 24.8 Å². The summed E-state index contributed by atoms with van der Waals surface area (Å²) in [7, 11) is 0. The molecular weight excluding hydrogens is 266 g/mol. The summed E-state index contributed by atoms with van der Waals surface area (Å²) in [5.41, 5.74) is 2.33. The summed E-state index contributed by atoms with van der Waals surface area (Å²) >= 11 is 0. The Hall–Kier alpha value is -1.10. The van der Waals surface area contributed by atoms with E-state index >= 15 is 0 Å². The van der Waals surface area contributed by atoms with E-state index in [1.54, 1.807) is 0 Å². The van der Waals surface area contributed by atoms with Crippen LogP contribution in [-0.2, 0) is 4.74 Å². The Labute approximate surface area is 127 Å². The maximum atomic E-state index is 10.2. The van der Waals surface area contributed by atoms with E-state index in [-0.39, 0.29) is 0 Å². The second-order valence-corrected chi connectivity index (χ2v) is 5.87. The van der Waals surface area contributed by atoms with Crippen molar-refractivity contribution in [3.63, 3.8) is 0 Å². The summed E-state index contributed by atoms with van der Waals surface area (Å²) in [6, 6.07) is 6.51. The van der Waals surface area contributed by atoms with Crippen LogP contribution in [-0.4, -0.2) is 55.1 Å². The predicted molar refractivity (Wildman–Crippen MR) is 83.9 cm³/mol. The van der Waals surface area contributed by atoms with E-state index in [1.165, 1.54) is 5.56 Å². The average Bonchev–Trinajstić information content (AvgIpc) is 2.47. The monoisotopic (exact) mass is 293 g/mol. The lowest BCUT2D eigenvalue weighted by Gasteiger charge is -2.36. The van der Waals surface area contributed by atoms with Gasteiger partial charge in [0.15, 0.2) is 0 Å². The maximum Gasteiger partial charge on any atom is 0.122 e. The number of hydrogen-bond acceptors (Lipinski definition) is 4. The van der Waals surface area contributed by atoms with Crippen molar-refractivity contribution in [2.24, 2.45) is 0 Å². The largest absolute Gasteiger partial charge is 0.491 e. The minimum absolute atomic E-state index is 0.331. The number of hydrogen-bond donors (Lipinski definition) is 1. The van der Waals surface area contributed by atoms with Gasteiger partial charge >= 0.3 is 0 Å². The van der Waals surface area contributed by atoms with Gasteiger partial charge in [-0.25, -0.2) is 0 Å². The number of nitrogens with zero attached hydrogens (tertiary/aromatic N) is 1. The van der Waals surface area contributed by atoms with Crippen LogP contribution in [0.3, 0.4) is 0 Å². The minimum atomic E-state index is -0.474. The smallest absolute Gasteiger partial charge is 0.122 e. The molecule has 1 fully saturated rings. The van der Waals surface area contributed by atoms with Gasteiger partial charge in [-0.3, -0.25) is 4.90 Å². The number of β-amino-alcohol motifs (C(OH)–C–C–N with tert-alkyl or cyclic N) is 1. The van der Waals surface area contributed by atoms with Gasteiger partial charge in [0, 0.05) is 19.1 Å². The summed E-state index contributed by atoms with van der Waals surface area (Å²) in [5, 5.41) is 10.2. The van der Waals surface area contributed by atoms with Crippen molar-refractivity contribution in [3.05, 3.63) is 29.3 Å². The molecule has 1 heterocycles. The third-order valence-electron chi connectivity index (χ3n) is 4.03. The van der Waals surface area contributed by atoms with Gasteiger partial charge < -0.3 is 14.6 Å². The van der Waals surface area contributed by atoms with Crippen LogP contribution in [0.4, 0.5) is 0 Å². The van der Waals surface area contributed by atoms with Crippen LogP contribution in [0.25, 0.3) is 0 Å². The van der Waals surface area contributed by atoms with Crippen molar-refractivity contribution < 1.29 is 14.6 Å². The van der Waals surface area contributed by atoms with E-state index in [0.29, 0.717) is 19.2 Å². The quantitative estimate of drug-likeness (QED) is 0.873. The topological polar surface area (TPSA) is 41.9 Å². The lowest BCUT2D eigenvalue weighted by Crippen LogP contribution is -2.49. The molecule has 0 spiro atoms. The molecule has 1 aromatic carbocycles. The second kappa shape index (κ2) is 7.78. The van der Waals surface area contributed by atoms with E-state index in [9.17, 15) is 5.11 Å². The van der Waals surface area contributed by atoms with Gasteiger partial charge in [-0.05, 0) is 31.9 Å². The molecule has 21 heavy (non-hydrogen) atoms. The minimum Gasteiger partial charge on any atom is -0.491 e. The normalized spacial score (nSPS) is 21.2. The Morgan fingerprint density at radius 2 is 2.24 bits per heavy atom. The van der Waals surface area contributed by atoms with E-state index < -0.39 is 6.10 Å². The van der Waals surface area contributed by atoms with Gasteiger partial charge in [0.05, 0.1) is 13.2 Å². The molecule has 0 radical (unpaired) electrons. The van der Waals surface area contributed by atoms with E-state index in [4.69, 9.17) is 9.47 Å². The summed E-state index contributed by atoms with van der Waals surface area (Å²) in [6.45, 7) is 9.63. The Bertz CT molecular complexity index is 450. The Kier molecular flexibility index (Phi) is 6.03. The van der Waals surface area contributed by atoms with E-state index in [0.717, 1.165) is 37.5 Å². The first-order valence-corrected chi connectivity index (χ1v) is 7.80. The van der Waals surface area contributed by atoms with Gasteiger partial charge in [-0.1, -0.05) is 24.6 Å². The molecule has 1 aliphatic rings. The number of aliphatic hydroxyl groups is 1. The average molecular weight is 293 g/mol. The van der Waals surface area contributed by atoms with Gasteiger partial charge in [-0.15, -0.1) is 0 Å². The molecule has 4 heteroatoms. The number of rotatable bonds is 6. The summed E-state index contributed by atoms with van der Waals surface area (Å²) in [6.07, 6.45) is 0.572. The lowest BCUT2D eigenvalue weighted by molar-refractivity contribution is -0.0334. The predicted octanol–water partition coefficient (Wildman–Crippen LogP) is 2.15. The van der Waals surface area contributed by atoms with Crippen molar-refractivity contribution in [2.45, 2.75) is 39.3 Å². The molecular formula is C17H27NO3. The number of aliphatic hydroxyl groups excluding tert-OH is 1. The Morgan fingerprint density at radius 1 is 1.43 bits per heavy atom. The van der Waals surface area contributed by atoms with Gasteiger partial charge in [0.2, 0.25) is 0 Å². The Morgan fingerprint density at radius 3 is 2.95 bits per heavy atom. The van der Waals surface area contributed by atoms with Crippen molar-refractivity contribution in [3.8, 4) is 5.75 Å². The molecule has 1 saturated heterocycles. The summed E-state index contributed by atoms with van der Waals surface area (Å²) in [5.74, 6) is 0.855. The van der Waals surface area contributed by atoms with Crippen LogP contribution in [0, 0.1) is 13.8 Å². The molecule has 0 amide bonds. The van der Waals surface area contributed by atoms with Crippen molar-refractivity contribution >= 4 is 0 Å². The molecule has 1 N–H and O–H groups in total. The molecule has 0 aliphatic carbocycles. The standard InChI is InChI=1S/C17H27NO3/c1-4-15-11-20-8-7-18(15)10-16(19)12-21-17-6-5-13(2)9-14(17)3/h5-6,9,15-16,19H,4,7-8,10-12H2,1-3H3. The molecule has 118 valence electrons. The fraction of sp³-hybridized carbons (Fsp3) is 0.647. The van der Waals surface area contributed by atoms with Crippen LogP contribution in [0.5, 0.6) is 5.75 Å². The highest BCUT2D eigenvalue weighted by Crippen LogP contribution is 2.19. The molecule has 0 aromatic heterocycles. The Balaban J connectivity index is 1.82. The van der Waals surface area contributed by atoms with Crippen LogP contribution in [0.15, 0.2) is 18.2 Å². The molecule has 2 rings (SSSR count). The zero-order valence-electron chi connectivity index (χ0n) is 13.3. The van der Waals surface area contributed by atoms with Gasteiger partial charge in [0.25, 0.3) is 0 Å². The molecule has 1 aliphatic heterocycles. The lowest BCUT2D eigenvalue weighted by atomic mass is 10.1.